The van der Waals surface area contributed by atoms with Gasteiger partial charge in [-0.05, 0) is 16.5 Å². The van der Waals surface area contributed by atoms with E-state index < -0.39 is 0 Å². The second-order valence-corrected chi connectivity index (χ2v) is 5.14. The smallest absolute Gasteiger partial charge is 0.0502 e. The fourth-order valence-corrected chi connectivity index (χ4v) is 2.93. The van der Waals surface area contributed by atoms with Crippen LogP contribution in [0.15, 0.2) is 66.7 Å². The molecule has 0 atom stereocenters. The summed E-state index contributed by atoms with van der Waals surface area (Å²) in [5, 5.41) is 2.71. The summed E-state index contributed by atoms with van der Waals surface area (Å²) in [7, 11) is 0. The van der Waals surface area contributed by atoms with Gasteiger partial charge in [0.2, 0.25) is 0 Å². The number of hydrogen-bond acceptors (Lipinski definition) is 1. The molecule has 0 aromatic heterocycles. The molecule has 92 valence electrons. The molecule has 0 fully saturated rings. The third kappa shape index (κ3) is 1.70. The van der Waals surface area contributed by atoms with Crippen molar-refractivity contribution in [3.8, 4) is 0 Å². The highest BCUT2D eigenvalue weighted by atomic mass is 15.2. The van der Waals surface area contributed by atoms with E-state index in [1.807, 2.05) is 0 Å². The molecule has 1 aliphatic heterocycles. The zero-order valence-corrected chi connectivity index (χ0v) is 10.7. The van der Waals surface area contributed by atoms with Crippen LogP contribution in [0, 0.1) is 0 Å². The standard InChI is InChI=1S/C18H15N/c1-2-6-14(7-3-1)12-19-13-16-11-10-15-8-4-5-9-17(15)18(16)19/h1-11H,12-13H2. The van der Waals surface area contributed by atoms with Crippen LogP contribution in [0.4, 0.5) is 5.69 Å². The summed E-state index contributed by atoms with van der Waals surface area (Å²) in [6, 6.07) is 23.8. The molecule has 0 unspecified atom stereocenters. The first kappa shape index (κ1) is 10.6. The summed E-state index contributed by atoms with van der Waals surface area (Å²) in [6.07, 6.45) is 0. The average Bonchev–Trinajstić information content (AvgIpc) is 2.44. The maximum Gasteiger partial charge on any atom is 0.0502 e. The van der Waals surface area contributed by atoms with Crippen molar-refractivity contribution in [2.75, 3.05) is 4.90 Å². The third-order valence-corrected chi connectivity index (χ3v) is 3.88. The molecule has 0 aliphatic carbocycles. The van der Waals surface area contributed by atoms with E-state index in [0.717, 1.165) is 13.1 Å². The predicted molar refractivity (Wildman–Crippen MR) is 80.3 cm³/mol. The largest absolute Gasteiger partial charge is 0.362 e. The Morgan fingerprint density at radius 2 is 1.58 bits per heavy atom. The summed E-state index contributed by atoms with van der Waals surface area (Å²) in [5.74, 6) is 0. The van der Waals surface area contributed by atoms with Gasteiger partial charge in [-0.15, -0.1) is 0 Å². The van der Waals surface area contributed by atoms with Crippen LogP contribution in [-0.4, -0.2) is 0 Å². The van der Waals surface area contributed by atoms with Gasteiger partial charge in [-0.25, -0.2) is 0 Å². The van der Waals surface area contributed by atoms with Crippen LogP contribution in [-0.2, 0) is 13.1 Å². The van der Waals surface area contributed by atoms with Crippen LogP contribution in [0.5, 0.6) is 0 Å². The van der Waals surface area contributed by atoms with Gasteiger partial charge >= 0.3 is 0 Å². The molecule has 19 heavy (non-hydrogen) atoms. The minimum absolute atomic E-state index is 1.00. The van der Waals surface area contributed by atoms with E-state index in [-0.39, 0.29) is 0 Å². The molecule has 0 amide bonds. The Labute approximate surface area is 113 Å². The molecule has 4 rings (SSSR count). The maximum atomic E-state index is 2.47. The van der Waals surface area contributed by atoms with E-state index in [0.29, 0.717) is 0 Å². The molecule has 0 N–H and O–H groups in total. The highest BCUT2D eigenvalue weighted by molar-refractivity contribution is 5.98. The number of rotatable bonds is 2. The summed E-state index contributed by atoms with van der Waals surface area (Å²) in [6.45, 7) is 2.07. The summed E-state index contributed by atoms with van der Waals surface area (Å²) < 4.78 is 0. The van der Waals surface area contributed by atoms with E-state index in [2.05, 4.69) is 71.6 Å². The van der Waals surface area contributed by atoms with E-state index in [1.54, 1.807) is 0 Å². The quantitative estimate of drug-likeness (QED) is 0.648. The Morgan fingerprint density at radius 3 is 2.47 bits per heavy atom. The van der Waals surface area contributed by atoms with Gasteiger partial charge in [-0.3, -0.25) is 0 Å². The Kier molecular flexibility index (Phi) is 2.31. The van der Waals surface area contributed by atoms with Crippen LogP contribution >= 0.6 is 0 Å². The third-order valence-electron chi connectivity index (χ3n) is 3.88. The lowest BCUT2D eigenvalue weighted by Crippen LogP contribution is -2.31. The Balaban J connectivity index is 1.74. The van der Waals surface area contributed by atoms with Crippen LogP contribution in [0.25, 0.3) is 10.8 Å². The van der Waals surface area contributed by atoms with Gasteiger partial charge in [0.25, 0.3) is 0 Å². The van der Waals surface area contributed by atoms with Crippen molar-refractivity contribution in [2.24, 2.45) is 0 Å². The number of anilines is 1. The lowest BCUT2D eigenvalue weighted by molar-refractivity contribution is 0.740. The van der Waals surface area contributed by atoms with Crippen molar-refractivity contribution in [1.82, 2.24) is 0 Å². The second-order valence-electron chi connectivity index (χ2n) is 5.14. The number of nitrogens with zero attached hydrogens (tertiary/aromatic N) is 1. The molecule has 0 saturated carbocycles. The highest BCUT2D eigenvalue weighted by Gasteiger charge is 2.24. The van der Waals surface area contributed by atoms with E-state index >= 15 is 0 Å². The highest BCUT2D eigenvalue weighted by Crippen LogP contribution is 2.40. The SMILES string of the molecule is c1ccc(CN2Cc3ccc4ccccc4c32)cc1. The molecular weight excluding hydrogens is 230 g/mol. The van der Waals surface area contributed by atoms with Crippen LogP contribution < -0.4 is 4.90 Å². The normalized spacial score (nSPS) is 13.2. The molecular formula is C18H15N. The molecule has 0 bridgehead atoms. The molecule has 1 nitrogen and oxygen atoms in total. The Morgan fingerprint density at radius 1 is 0.789 bits per heavy atom. The Bertz CT molecular complexity index is 731. The maximum absolute atomic E-state index is 2.47. The van der Waals surface area contributed by atoms with Crippen LogP contribution in [0.1, 0.15) is 11.1 Å². The molecule has 0 radical (unpaired) electrons. The zero-order chi connectivity index (χ0) is 12.7. The molecule has 3 aromatic carbocycles. The average molecular weight is 245 g/mol. The molecule has 1 aliphatic rings. The van der Waals surface area contributed by atoms with Gasteiger partial charge in [0, 0.05) is 18.5 Å². The van der Waals surface area contributed by atoms with Gasteiger partial charge in [0.1, 0.15) is 0 Å². The van der Waals surface area contributed by atoms with Gasteiger partial charge in [-0.2, -0.15) is 0 Å². The Hall–Kier alpha value is -2.28. The zero-order valence-electron chi connectivity index (χ0n) is 10.7. The number of benzene rings is 3. The van der Waals surface area contributed by atoms with Gasteiger partial charge in [-0.1, -0.05) is 66.7 Å². The molecule has 3 aromatic rings. The van der Waals surface area contributed by atoms with Crippen molar-refractivity contribution in [1.29, 1.82) is 0 Å². The lowest BCUT2D eigenvalue weighted by Gasteiger charge is -2.37. The molecule has 1 heteroatoms. The fraction of sp³-hybridized carbons (Fsp3) is 0.111. The first-order valence-electron chi connectivity index (χ1n) is 6.71. The van der Waals surface area contributed by atoms with Gasteiger partial charge < -0.3 is 4.90 Å². The summed E-state index contributed by atoms with van der Waals surface area (Å²) >= 11 is 0. The monoisotopic (exact) mass is 245 g/mol. The van der Waals surface area contributed by atoms with Crippen molar-refractivity contribution in [2.45, 2.75) is 13.1 Å². The van der Waals surface area contributed by atoms with Crippen molar-refractivity contribution >= 4 is 16.5 Å². The van der Waals surface area contributed by atoms with E-state index in [1.165, 1.54) is 27.6 Å². The minimum Gasteiger partial charge on any atom is -0.362 e. The predicted octanol–water partition coefficient (Wildman–Crippen LogP) is 4.36. The summed E-state index contributed by atoms with van der Waals surface area (Å²) in [4.78, 5) is 2.47. The van der Waals surface area contributed by atoms with Crippen LogP contribution in [0.2, 0.25) is 0 Å². The minimum atomic E-state index is 1.00. The van der Waals surface area contributed by atoms with Crippen LogP contribution in [0.3, 0.4) is 0 Å². The first-order valence-corrected chi connectivity index (χ1v) is 6.71. The molecule has 0 saturated heterocycles. The number of fused-ring (bicyclic) bond motifs is 3. The summed E-state index contributed by atoms with van der Waals surface area (Å²) in [5.41, 5.74) is 4.26. The first-order chi connectivity index (χ1) is 9.42. The topological polar surface area (TPSA) is 3.24 Å². The fourth-order valence-electron chi connectivity index (χ4n) is 2.93. The molecule has 1 heterocycles. The van der Waals surface area contributed by atoms with Gasteiger partial charge in [0.05, 0.1) is 5.69 Å². The number of hydrogen-bond donors (Lipinski definition) is 0. The van der Waals surface area contributed by atoms with E-state index in [4.69, 9.17) is 0 Å². The second kappa shape index (κ2) is 4.13. The van der Waals surface area contributed by atoms with Crippen molar-refractivity contribution in [3.63, 3.8) is 0 Å². The van der Waals surface area contributed by atoms with Crippen molar-refractivity contribution < 1.29 is 0 Å². The molecule has 0 spiro atoms. The van der Waals surface area contributed by atoms with Gasteiger partial charge in [0.15, 0.2) is 0 Å². The lowest BCUT2D eigenvalue weighted by atomic mass is 9.96. The van der Waals surface area contributed by atoms with Crippen molar-refractivity contribution in [3.05, 3.63) is 77.9 Å². The van der Waals surface area contributed by atoms with E-state index in [9.17, 15) is 0 Å².